The number of halogens is 6. The van der Waals surface area contributed by atoms with Crippen molar-refractivity contribution in [1.29, 1.82) is 0 Å². The molecule has 2 atom stereocenters. The third-order valence-electron chi connectivity index (χ3n) is 6.98. The van der Waals surface area contributed by atoms with E-state index in [4.69, 9.17) is 10.5 Å². The number of carbonyl (C=O) groups is 1. The van der Waals surface area contributed by atoms with Gasteiger partial charge in [0.25, 0.3) is 0 Å². The monoisotopic (exact) mass is 550 g/mol. The molecule has 1 aliphatic heterocycles. The van der Waals surface area contributed by atoms with E-state index < -0.39 is 36.2 Å². The molecule has 0 aromatic heterocycles. The Kier molecular flexibility index (Phi) is 8.66. The predicted molar refractivity (Wildman–Crippen MR) is 133 cm³/mol. The lowest BCUT2D eigenvalue weighted by Crippen LogP contribution is -2.50. The van der Waals surface area contributed by atoms with Gasteiger partial charge in [0.15, 0.2) is 0 Å². The minimum Gasteiger partial charge on any atom is -0.373 e. The molecule has 1 heterocycles. The summed E-state index contributed by atoms with van der Waals surface area (Å²) < 4.78 is 86.3. The van der Waals surface area contributed by atoms with Gasteiger partial charge < -0.3 is 15.4 Å². The maximum Gasteiger partial charge on any atom is 0.416 e. The van der Waals surface area contributed by atoms with Gasteiger partial charge in [0, 0.05) is 24.9 Å². The number of piperidine rings is 1. The van der Waals surface area contributed by atoms with Crippen LogP contribution in [0.25, 0.3) is 0 Å². The van der Waals surface area contributed by atoms with Crippen LogP contribution in [-0.4, -0.2) is 36.5 Å². The number of likely N-dealkylation sites (tertiary alicyclic amines) is 1. The smallest absolute Gasteiger partial charge is 0.373 e. The lowest BCUT2D eigenvalue weighted by Gasteiger charge is -2.42. The third kappa shape index (κ3) is 6.99. The fourth-order valence-electron chi connectivity index (χ4n) is 5.16. The molecule has 39 heavy (non-hydrogen) atoms. The van der Waals surface area contributed by atoms with Crippen LogP contribution in [0.2, 0.25) is 0 Å². The molecule has 3 aromatic rings. The first-order valence-corrected chi connectivity index (χ1v) is 12.4. The Morgan fingerprint density at radius 3 is 1.85 bits per heavy atom. The summed E-state index contributed by atoms with van der Waals surface area (Å²) in [4.78, 5) is 14.1. The van der Waals surface area contributed by atoms with Gasteiger partial charge in [-0.2, -0.15) is 26.3 Å². The molecule has 0 radical (unpaired) electrons. The molecule has 208 valence electrons. The summed E-state index contributed by atoms with van der Waals surface area (Å²) in [7, 11) is 0. The predicted octanol–water partition coefficient (Wildman–Crippen LogP) is 6.25. The van der Waals surface area contributed by atoms with Gasteiger partial charge in [-0.15, -0.1) is 0 Å². The number of hydrogen-bond acceptors (Lipinski definition) is 3. The van der Waals surface area contributed by atoms with E-state index >= 15 is 0 Å². The van der Waals surface area contributed by atoms with Crippen LogP contribution in [0.4, 0.5) is 26.3 Å². The van der Waals surface area contributed by atoms with Crippen LogP contribution in [0.3, 0.4) is 0 Å². The maximum absolute atomic E-state index is 13.4. The quantitative estimate of drug-likeness (QED) is 0.354. The van der Waals surface area contributed by atoms with Crippen LogP contribution in [0.1, 0.15) is 40.2 Å². The number of rotatable bonds is 7. The summed E-state index contributed by atoms with van der Waals surface area (Å²) in [6.45, 7) is -0.0468. The molecular formula is C29H28F6N2O2. The number of nitrogens with zero attached hydrogens (tertiary/aromatic N) is 1. The van der Waals surface area contributed by atoms with Gasteiger partial charge in [0.1, 0.15) is 0 Å². The third-order valence-corrected chi connectivity index (χ3v) is 6.98. The molecule has 0 unspecified atom stereocenters. The first kappa shape index (κ1) is 28.6. The average Bonchev–Trinajstić information content (AvgIpc) is 2.92. The largest absolute Gasteiger partial charge is 0.416 e. The second-order valence-electron chi connectivity index (χ2n) is 9.56. The van der Waals surface area contributed by atoms with Gasteiger partial charge in [-0.05, 0) is 41.3 Å². The Morgan fingerprint density at radius 1 is 0.872 bits per heavy atom. The van der Waals surface area contributed by atoms with Gasteiger partial charge in [0.2, 0.25) is 5.91 Å². The minimum atomic E-state index is -4.95. The maximum atomic E-state index is 13.4. The van der Waals surface area contributed by atoms with Crippen molar-refractivity contribution in [3.63, 3.8) is 0 Å². The Hall–Kier alpha value is -3.37. The fourth-order valence-corrected chi connectivity index (χ4v) is 5.16. The standard InChI is InChI=1S/C29H28F6N2O2/c30-28(31,32)22-13-19(14-23(15-22)29(33,34)35)18-39-25-11-12-37(26(38)16-36)17-24(25)27(20-7-3-1-4-8-20)21-9-5-2-6-10-21/h1-10,13-15,24-25,27H,11-12,16-18,36H2/t24-,25+/m1/s1. The lowest BCUT2D eigenvalue weighted by molar-refractivity contribution is -0.143. The van der Waals surface area contributed by atoms with E-state index in [0.717, 1.165) is 11.1 Å². The molecule has 10 heteroatoms. The molecule has 1 fully saturated rings. The highest BCUT2D eigenvalue weighted by atomic mass is 19.4. The molecule has 0 bridgehead atoms. The van der Waals surface area contributed by atoms with Crippen molar-refractivity contribution in [3.05, 3.63) is 107 Å². The molecule has 0 spiro atoms. The van der Waals surface area contributed by atoms with Crippen molar-refractivity contribution >= 4 is 5.91 Å². The van der Waals surface area contributed by atoms with E-state index in [9.17, 15) is 31.1 Å². The van der Waals surface area contributed by atoms with Crippen molar-refractivity contribution in [1.82, 2.24) is 4.90 Å². The van der Waals surface area contributed by atoms with Gasteiger partial charge >= 0.3 is 12.4 Å². The van der Waals surface area contributed by atoms with E-state index in [1.54, 1.807) is 4.90 Å². The molecule has 0 aliphatic carbocycles. The van der Waals surface area contributed by atoms with Crippen molar-refractivity contribution < 1.29 is 35.9 Å². The number of alkyl halides is 6. The topological polar surface area (TPSA) is 55.6 Å². The summed E-state index contributed by atoms with van der Waals surface area (Å²) >= 11 is 0. The SMILES string of the molecule is NCC(=O)N1CC[C@H](OCc2cc(C(F)(F)F)cc(C(F)(F)F)c2)[C@H](C(c2ccccc2)c2ccccc2)C1. The molecule has 3 aromatic carbocycles. The van der Waals surface area contributed by atoms with E-state index in [1.165, 1.54) is 0 Å². The van der Waals surface area contributed by atoms with Crippen LogP contribution in [-0.2, 0) is 28.5 Å². The average molecular weight is 551 g/mol. The second-order valence-corrected chi connectivity index (χ2v) is 9.56. The van der Waals surface area contributed by atoms with Gasteiger partial charge in [-0.1, -0.05) is 60.7 Å². The van der Waals surface area contributed by atoms with Gasteiger partial charge in [0.05, 0.1) is 30.4 Å². The van der Waals surface area contributed by atoms with Gasteiger partial charge in [-0.25, -0.2) is 0 Å². The Labute approximate surface area is 222 Å². The normalized spacial score (nSPS) is 18.4. The molecule has 4 nitrogen and oxygen atoms in total. The van der Waals surface area contributed by atoms with Crippen molar-refractivity contribution in [3.8, 4) is 0 Å². The molecule has 1 amide bonds. The van der Waals surface area contributed by atoms with E-state index in [0.29, 0.717) is 25.1 Å². The highest BCUT2D eigenvalue weighted by Gasteiger charge is 2.40. The number of amides is 1. The summed E-state index contributed by atoms with van der Waals surface area (Å²) in [5.74, 6) is -0.837. The molecular weight excluding hydrogens is 522 g/mol. The second kappa shape index (κ2) is 11.8. The van der Waals surface area contributed by atoms with Crippen molar-refractivity contribution in [2.24, 2.45) is 11.7 Å². The summed E-state index contributed by atoms with van der Waals surface area (Å²) in [6, 6.07) is 20.5. The van der Waals surface area contributed by atoms with E-state index in [2.05, 4.69) is 0 Å². The Morgan fingerprint density at radius 2 is 1.38 bits per heavy atom. The number of hydrogen-bond donors (Lipinski definition) is 1. The van der Waals surface area contributed by atoms with Crippen LogP contribution in [0, 0.1) is 5.92 Å². The van der Waals surface area contributed by atoms with Crippen LogP contribution in [0.15, 0.2) is 78.9 Å². The summed E-state index contributed by atoms with van der Waals surface area (Å²) in [5.41, 5.74) is 4.50. The zero-order valence-corrected chi connectivity index (χ0v) is 20.9. The number of carbonyl (C=O) groups excluding carboxylic acids is 1. The first-order valence-electron chi connectivity index (χ1n) is 12.4. The van der Waals surface area contributed by atoms with Crippen LogP contribution < -0.4 is 5.73 Å². The highest BCUT2D eigenvalue weighted by molar-refractivity contribution is 5.78. The zero-order valence-electron chi connectivity index (χ0n) is 20.9. The molecule has 1 saturated heterocycles. The summed E-state index contributed by atoms with van der Waals surface area (Å²) in [6.07, 6.45) is -10.1. The number of benzene rings is 3. The molecule has 4 rings (SSSR count). The van der Waals surface area contributed by atoms with Gasteiger partial charge in [-0.3, -0.25) is 4.79 Å². The summed E-state index contributed by atoms with van der Waals surface area (Å²) in [5, 5.41) is 0. The van der Waals surface area contributed by atoms with Crippen molar-refractivity contribution in [2.45, 2.75) is 37.4 Å². The van der Waals surface area contributed by atoms with Crippen LogP contribution >= 0.6 is 0 Å². The van der Waals surface area contributed by atoms with Crippen molar-refractivity contribution in [2.75, 3.05) is 19.6 Å². The van der Waals surface area contributed by atoms with E-state index in [-0.39, 0.29) is 42.5 Å². The highest BCUT2D eigenvalue weighted by Crippen LogP contribution is 2.40. The number of ether oxygens (including phenoxy) is 1. The minimum absolute atomic E-state index is 0.101. The Balaban J connectivity index is 1.69. The molecule has 2 N–H and O–H groups in total. The van der Waals surface area contributed by atoms with Crippen LogP contribution in [0.5, 0.6) is 0 Å². The van der Waals surface area contributed by atoms with E-state index in [1.807, 2.05) is 60.7 Å². The molecule has 0 saturated carbocycles. The number of nitrogens with two attached hydrogens (primary N) is 1. The first-order chi connectivity index (χ1) is 18.5. The fraction of sp³-hybridized carbons (Fsp3) is 0.345. The Bertz CT molecular complexity index is 1180. The zero-order chi connectivity index (χ0) is 28.2. The lowest BCUT2D eigenvalue weighted by atomic mass is 9.75. The molecule has 1 aliphatic rings.